The largest absolute Gasteiger partial charge is 0.433 e. The van der Waals surface area contributed by atoms with Crippen LogP contribution in [0.15, 0.2) is 61.4 Å². The van der Waals surface area contributed by atoms with Gasteiger partial charge in [-0.25, -0.2) is 19.6 Å². The number of benzene rings is 1. The van der Waals surface area contributed by atoms with Crippen molar-refractivity contribution in [2.75, 3.05) is 17.6 Å². The number of carbonyl (C=O) groups is 2. The van der Waals surface area contributed by atoms with E-state index in [-0.39, 0.29) is 35.2 Å². The van der Waals surface area contributed by atoms with Crippen molar-refractivity contribution in [3.8, 4) is 11.3 Å². The monoisotopic (exact) mass is 548 g/mol. The minimum Gasteiger partial charge on any atom is -0.383 e. The van der Waals surface area contributed by atoms with Crippen LogP contribution in [0.1, 0.15) is 34.9 Å². The van der Waals surface area contributed by atoms with Gasteiger partial charge in [0.25, 0.3) is 5.91 Å². The summed E-state index contributed by atoms with van der Waals surface area (Å²) in [4.78, 5) is 39.1. The van der Waals surface area contributed by atoms with Crippen LogP contribution in [0, 0.1) is 5.92 Å². The molecule has 3 N–H and O–H groups in total. The predicted molar refractivity (Wildman–Crippen MR) is 140 cm³/mol. The van der Waals surface area contributed by atoms with Gasteiger partial charge in [0, 0.05) is 17.7 Å². The molecule has 4 aromatic rings. The van der Waals surface area contributed by atoms with Crippen molar-refractivity contribution in [3.63, 3.8) is 0 Å². The molecule has 6 rings (SSSR count). The number of carbonyl (C=O) groups excluding carboxylic acids is 2. The quantitative estimate of drug-likeness (QED) is 0.359. The molecule has 2 amide bonds. The molecule has 2 fully saturated rings. The van der Waals surface area contributed by atoms with Gasteiger partial charge in [-0.1, -0.05) is 24.8 Å². The molecule has 3 atom stereocenters. The predicted octanol–water partition coefficient (Wildman–Crippen LogP) is 4.09. The standard InChI is InChI=1S/C27H23F3N8O2/c1-2-21(39)37-12-14-10-17(37)18(11-14)38-25-22(24(31)32-13-33-25)23(36-38)15-6-8-16(9-7-15)26(40)35-20-5-3-4-19(34-20)27(28,29)30/h2-9,13-14,17-18H,1,10-12H2,(H2,31,32,33)(H,34,35,40). The molecule has 0 radical (unpaired) electrons. The molecule has 4 heterocycles. The Morgan fingerprint density at radius 3 is 2.52 bits per heavy atom. The smallest absolute Gasteiger partial charge is 0.383 e. The Hall–Kier alpha value is -4.81. The van der Waals surface area contributed by atoms with Gasteiger partial charge in [0.05, 0.1) is 17.5 Å². The second kappa shape index (κ2) is 9.43. The van der Waals surface area contributed by atoms with E-state index in [1.165, 1.54) is 36.7 Å². The van der Waals surface area contributed by atoms with Gasteiger partial charge >= 0.3 is 6.18 Å². The van der Waals surface area contributed by atoms with Gasteiger partial charge in [0.1, 0.15) is 29.4 Å². The van der Waals surface area contributed by atoms with E-state index < -0.39 is 17.8 Å². The molecule has 3 unspecified atom stereocenters. The van der Waals surface area contributed by atoms with Crippen LogP contribution < -0.4 is 11.1 Å². The van der Waals surface area contributed by atoms with Crippen molar-refractivity contribution in [2.45, 2.75) is 31.1 Å². The first kappa shape index (κ1) is 25.5. The van der Waals surface area contributed by atoms with Crippen LogP contribution in [0.2, 0.25) is 0 Å². The zero-order chi connectivity index (χ0) is 28.2. The molecule has 2 aliphatic rings. The zero-order valence-electron chi connectivity index (χ0n) is 21.0. The normalized spacial score (nSPS) is 20.2. The summed E-state index contributed by atoms with van der Waals surface area (Å²) in [7, 11) is 0. The molecule has 13 heteroatoms. The summed E-state index contributed by atoms with van der Waals surface area (Å²) in [6.07, 6.45) is -0.224. The summed E-state index contributed by atoms with van der Waals surface area (Å²) >= 11 is 0. The number of rotatable bonds is 5. The number of likely N-dealkylation sites (tertiary alicyclic amines) is 1. The van der Waals surface area contributed by atoms with Crippen LogP contribution in [-0.4, -0.2) is 54.0 Å². The Labute approximate surface area is 225 Å². The number of aromatic nitrogens is 5. The molecule has 0 spiro atoms. The number of halogens is 3. The van der Waals surface area contributed by atoms with E-state index in [0.29, 0.717) is 34.8 Å². The van der Waals surface area contributed by atoms with Crippen LogP contribution >= 0.6 is 0 Å². The summed E-state index contributed by atoms with van der Waals surface area (Å²) < 4.78 is 40.7. The minimum absolute atomic E-state index is 0.0434. The Morgan fingerprint density at radius 2 is 1.82 bits per heavy atom. The van der Waals surface area contributed by atoms with Crippen molar-refractivity contribution < 1.29 is 22.8 Å². The molecular weight excluding hydrogens is 525 g/mol. The van der Waals surface area contributed by atoms with Crippen molar-refractivity contribution in [3.05, 3.63) is 72.7 Å². The van der Waals surface area contributed by atoms with Crippen molar-refractivity contribution in [2.24, 2.45) is 5.92 Å². The molecule has 10 nitrogen and oxygen atoms in total. The molecule has 1 aromatic carbocycles. The molecule has 3 aromatic heterocycles. The Bertz CT molecular complexity index is 1650. The molecule has 1 aliphatic heterocycles. The lowest BCUT2D eigenvalue weighted by Crippen LogP contribution is -2.42. The highest BCUT2D eigenvalue weighted by atomic mass is 19.4. The number of nitrogens with zero attached hydrogens (tertiary/aromatic N) is 6. The number of hydrogen-bond acceptors (Lipinski definition) is 7. The summed E-state index contributed by atoms with van der Waals surface area (Å²) in [6.45, 7) is 4.31. The first-order chi connectivity index (χ1) is 19.1. The number of amides is 2. The maximum absolute atomic E-state index is 13.0. The molecular formula is C27H23F3N8O2. The van der Waals surface area contributed by atoms with Crippen molar-refractivity contribution in [1.82, 2.24) is 29.6 Å². The Kier molecular flexibility index (Phi) is 6.01. The fourth-order valence-electron chi connectivity index (χ4n) is 5.68. The highest BCUT2D eigenvalue weighted by Crippen LogP contribution is 2.46. The maximum Gasteiger partial charge on any atom is 0.433 e. The van der Waals surface area contributed by atoms with Gasteiger partial charge < -0.3 is 16.0 Å². The van der Waals surface area contributed by atoms with E-state index in [9.17, 15) is 22.8 Å². The zero-order valence-corrected chi connectivity index (χ0v) is 21.0. The number of nitrogens with two attached hydrogens (primary N) is 1. The van der Waals surface area contributed by atoms with Gasteiger partial charge in [-0.3, -0.25) is 9.59 Å². The van der Waals surface area contributed by atoms with Gasteiger partial charge in [0.2, 0.25) is 5.91 Å². The van der Waals surface area contributed by atoms with E-state index >= 15 is 0 Å². The summed E-state index contributed by atoms with van der Waals surface area (Å²) in [5, 5.41) is 7.82. The van der Waals surface area contributed by atoms with Crippen LogP contribution in [-0.2, 0) is 11.0 Å². The number of nitrogens with one attached hydrogen (secondary N) is 1. The number of anilines is 2. The lowest BCUT2D eigenvalue weighted by molar-refractivity contribution is -0.141. The number of nitrogen functional groups attached to an aromatic ring is 1. The van der Waals surface area contributed by atoms with Crippen LogP contribution in [0.25, 0.3) is 22.3 Å². The van der Waals surface area contributed by atoms with Gasteiger partial charge in [-0.15, -0.1) is 0 Å². The Morgan fingerprint density at radius 1 is 1.07 bits per heavy atom. The van der Waals surface area contributed by atoms with E-state index in [2.05, 4.69) is 26.8 Å². The molecule has 1 saturated heterocycles. The van der Waals surface area contributed by atoms with Crippen molar-refractivity contribution >= 4 is 34.5 Å². The average molecular weight is 549 g/mol. The van der Waals surface area contributed by atoms with Gasteiger partial charge in [-0.2, -0.15) is 18.3 Å². The third kappa shape index (κ3) is 4.32. The maximum atomic E-state index is 13.0. The van der Waals surface area contributed by atoms with E-state index in [4.69, 9.17) is 10.8 Å². The average Bonchev–Trinajstić information content (AvgIpc) is 3.66. The van der Waals surface area contributed by atoms with E-state index in [1.807, 2.05) is 9.58 Å². The molecule has 1 aliphatic carbocycles. The summed E-state index contributed by atoms with van der Waals surface area (Å²) in [5.74, 6) is -0.355. The fourth-order valence-corrected chi connectivity index (χ4v) is 5.68. The molecule has 1 saturated carbocycles. The topological polar surface area (TPSA) is 132 Å². The van der Waals surface area contributed by atoms with Crippen LogP contribution in [0.3, 0.4) is 0 Å². The Balaban J connectivity index is 1.30. The number of fused-ring (bicyclic) bond motifs is 3. The fraction of sp³-hybridized carbons (Fsp3) is 0.259. The first-order valence-electron chi connectivity index (χ1n) is 12.5. The molecule has 2 bridgehead atoms. The SMILES string of the molecule is C=CC(=O)N1CC2CC1C(n1nc(-c3ccc(C(=O)Nc4cccc(C(F)(F)F)n4)cc3)c3c(N)ncnc31)C2. The first-order valence-corrected chi connectivity index (χ1v) is 12.5. The molecule has 204 valence electrons. The van der Waals surface area contributed by atoms with E-state index in [1.54, 1.807) is 12.1 Å². The van der Waals surface area contributed by atoms with Gasteiger partial charge in [0.15, 0.2) is 5.65 Å². The minimum atomic E-state index is -4.63. The summed E-state index contributed by atoms with van der Waals surface area (Å²) in [6, 6.07) is 9.54. The second-order valence-electron chi connectivity index (χ2n) is 9.85. The van der Waals surface area contributed by atoms with Crippen molar-refractivity contribution in [1.29, 1.82) is 0 Å². The van der Waals surface area contributed by atoms with Gasteiger partial charge in [-0.05, 0) is 49.1 Å². The second-order valence-corrected chi connectivity index (χ2v) is 9.85. The highest BCUT2D eigenvalue weighted by molar-refractivity contribution is 6.04. The number of hydrogen-bond donors (Lipinski definition) is 2. The number of pyridine rings is 1. The lowest BCUT2D eigenvalue weighted by atomic mass is 10.1. The number of piperidine rings is 1. The van der Waals surface area contributed by atoms with E-state index in [0.717, 1.165) is 18.9 Å². The van der Waals surface area contributed by atoms with Crippen LogP contribution in [0.4, 0.5) is 24.8 Å². The van der Waals surface area contributed by atoms with Crippen LogP contribution in [0.5, 0.6) is 0 Å². The third-order valence-electron chi connectivity index (χ3n) is 7.44. The summed E-state index contributed by atoms with van der Waals surface area (Å²) in [5.41, 5.74) is 7.06. The molecule has 40 heavy (non-hydrogen) atoms. The number of alkyl halides is 3. The third-order valence-corrected chi connectivity index (χ3v) is 7.44. The highest BCUT2D eigenvalue weighted by Gasteiger charge is 2.48. The lowest BCUT2D eigenvalue weighted by Gasteiger charge is -2.32.